The van der Waals surface area contributed by atoms with Gasteiger partial charge >= 0.3 is 5.97 Å². The average molecular weight is 342 g/mol. The summed E-state index contributed by atoms with van der Waals surface area (Å²) in [5.41, 5.74) is 1.20. The molecule has 0 radical (unpaired) electrons. The van der Waals surface area contributed by atoms with Crippen LogP contribution in [0.4, 0.5) is 0 Å². The molecule has 7 nitrogen and oxygen atoms in total. The monoisotopic (exact) mass is 342 g/mol. The highest BCUT2D eigenvalue weighted by atomic mass is 16.5. The molecule has 0 unspecified atom stereocenters. The van der Waals surface area contributed by atoms with Crippen molar-refractivity contribution in [1.82, 2.24) is 19.7 Å². The molecule has 7 heteroatoms. The highest BCUT2D eigenvalue weighted by molar-refractivity contribution is 5.91. The number of esters is 1. The van der Waals surface area contributed by atoms with Crippen molar-refractivity contribution in [2.45, 2.75) is 32.1 Å². The number of likely N-dealkylation sites (tertiary alicyclic amines) is 1. The van der Waals surface area contributed by atoms with Gasteiger partial charge in [0.05, 0.1) is 11.3 Å². The number of benzene rings is 1. The summed E-state index contributed by atoms with van der Waals surface area (Å²) in [5.74, 6) is -0.611. The molecule has 0 N–H and O–H groups in total. The molecule has 2 aromatic rings. The van der Waals surface area contributed by atoms with E-state index in [4.69, 9.17) is 4.74 Å². The van der Waals surface area contributed by atoms with Crippen LogP contribution in [-0.2, 0) is 9.53 Å². The van der Waals surface area contributed by atoms with E-state index in [1.807, 2.05) is 0 Å². The first-order chi connectivity index (χ1) is 12.2. The molecule has 0 spiro atoms. The summed E-state index contributed by atoms with van der Waals surface area (Å²) in [6.07, 6.45) is 8.60. The molecule has 25 heavy (non-hydrogen) atoms. The minimum absolute atomic E-state index is 0.116. The SMILES string of the molecule is O=C(OCC(=O)N1CCCCCCC1)c1ccc(-n2cncn2)cc1. The molecule has 1 aromatic heterocycles. The maximum Gasteiger partial charge on any atom is 0.338 e. The Morgan fingerprint density at radius 2 is 1.68 bits per heavy atom. The minimum Gasteiger partial charge on any atom is -0.452 e. The first-order valence-corrected chi connectivity index (χ1v) is 8.64. The number of nitrogens with zero attached hydrogens (tertiary/aromatic N) is 4. The molecule has 0 bridgehead atoms. The van der Waals surface area contributed by atoms with E-state index in [1.165, 1.54) is 12.7 Å². The summed E-state index contributed by atoms with van der Waals surface area (Å²) in [6.45, 7) is 1.30. The maximum atomic E-state index is 12.2. The normalized spacial score (nSPS) is 15.3. The molecule has 0 aliphatic carbocycles. The molecule has 1 aromatic carbocycles. The van der Waals surface area contributed by atoms with Gasteiger partial charge in [-0.15, -0.1) is 0 Å². The number of carbonyl (C=O) groups is 2. The van der Waals surface area contributed by atoms with Crippen LogP contribution in [0.25, 0.3) is 5.69 Å². The van der Waals surface area contributed by atoms with Crippen LogP contribution in [0, 0.1) is 0 Å². The number of hydrogen-bond donors (Lipinski definition) is 0. The molecular weight excluding hydrogens is 320 g/mol. The molecular formula is C18H22N4O3. The van der Waals surface area contributed by atoms with Gasteiger partial charge in [0.2, 0.25) is 0 Å². The van der Waals surface area contributed by atoms with E-state index in [0.717, 1.165) is 44.5 Å². The molecule has 1 fully saturated rings. The van der Waals surface area contributed by atoms with E-state index in [-0.39, 0.29) is 12.5 Å². The van der Waals surface area contributed by atoms with Crippen molar-refractivity contribution in [3.05, 3.63) is 42.5 Å². The molecule has 0 saturated carbocycles. The van der Waals surface area contributed by atoms with Crippen molar-refractivity contribution >= 4 is 11.9 Å². The Morgan fingerprint density at radius 1 is 1.00 bits per heavy atom. The number of carbonyl (C=O) groups excluding carboxylic acids is 2. The van der Waals surface area contributed by atoms with Gasteiger partial charge in [-0.05, 0) is 37.1 Å². The lowest BCUT2D eigenvalue weighted by Crippen LogP contribution is -2.36. The maximum absolute atomic E-state index is 12.2. The minimum atomic E-state index is -0.495. The van der Waals surface area contributed by atoms with Crippen LogP contribution < -0.4 is 0 Å². The Bertz CT molecular complexity index is 690. The average Bonchev–Trinajstić information content (AvgIpc) is 3.14. The first-order valence-electron chi connectivity index (χ1n) is 8.64. The number of amides is 1. The van der Waals surface area contributed by atoms with Crippen LogP contribution in [0.15, 0.2) is 36.9 Å². The van der Waals surface area contributed by atoms with Gasteiger partial charge in [-0.1, -0.05) is 19.3 Å². The van der Waals surface area contributed by atoms with E-state index in [0.29, 0.717) is 5.56 Å². The fraction of sp³-hybridized carbons (Fsp3) is 0.444. The van der Waals surface area contributed by atoms with Crippen LogP contribution in [-0.4, -0.2) is 51.2 Å². The van der Waals surface area contributed by atoms with Crippen LogP contribution >= 0.6 is 0 Å². The van der Waals surface area contributed by atoms with Crippen molar-refractivity contribution < 1.29 is 14.3 Å². The predicted molar refractivity (Wildman–Crippen MR) is 91.3 cm³/mol. The third-order valence-electron chi connectivity index (χ3n) is 4.32. The van der Waals surface area contributed by atoms with Crippen molar-refractivity contribution in [2.75, 3.05) is 19.7 Å². The van der Waals surface area contributed by atoms with Gasteiger partial charge < -0.3 is 9.64 Å². The third kappa shape index (κ3) is 4.65. The lowest BCUT2D eigenvalue weighted by atomic mass is 10.1. The van der Waals surface area contributed by atoms with Gasteiger partial charge in [0, 0.05) is 13.1 Å². The van der Waals surface area contributed by atoms with Gasteiger partial charge in [0.25, 0.3) is 5.91 Å². The summed E-state index contributed by atoms with van der Waals surface area (Å²) in [5, 5.41) is 4.03. The lowest BCUT2D eigenvalue weighted by molar-refractivity contribution is -0.134. The van der Waals surface area contributed by atoms with Gasteiger partial charge in [-0.25, -0.2) is 14.5 Å². The highest BCUT2D eigenvalue weighted by Gasteiger charge is 2.17. The Morgan fingerprint density at radius 3 is 2.32 bits per heavy atom. The molecule has 1 aliphatic rings. The van der Waals surface area contributed by atoms with Gasteiger partial charge in [-0.3, -0.25) is 4.79 Å². The lowest BCUT2D eigenvalue weighted by Gasteiger charge is -2.24. The van der Waals surface area contributed by atoms with Crippen molar-refractivity contribution in [3.8, 4) is 5.69 Å². The zero-order valence-corrected chi connectivity index (χ0v) is 14.1. The molecule has 3 rings (SSSR count). The number of aromatic nitrogens is 3. The fourth-order valence-corrected chi connectivity index (χ4v) is 2.89. The molecule has 132 valence electrons. The van der Waals surface area contributed by atoms with E-state index in [1.54, 1.807) is 40.2 Å². The second-order valence-electron chi connectivity index (χ2n) is 6.11. The summed E-state index contributed by atoms with van der Waals surface area (Å²) in [4.78, 5) is 30.0. The zero-order valence-electron chi connectivity index (χ0n) is 14.1. The summed E-state index contributed by atoms with van der Waals surface area (Å²) >= 11 is 0. The van der Waals surface area contributed by atoms with E-state index >= 15 is 0 Å². The Balaban J connectivity index is 1.52. The number of rotatable bonds is 4. The third-order valence-corrected chi connectivity index (χ3v) is 4.32. The molecule has 1 amide bonds. The van der Waals surface area contributed by atoms with Crippen LogP contribution in [0.5, 0.6) is 0 Å². The second-order valence-corrected chi connectivity index (χ2v) is 6.11. The van der Waals surface area contributed by atoms with Crippen LogP contribution in [0.2, 0.25) is 0 Å². The van der Waals surface area contributed by atoms with E-state index < -0.39 is 5.97 Å². The Kier molecular flexibility index (Phi) is 5.77. The molecule has 0 atom stereocenters. The van der Waals surface area contributed by atoms with E-state index in [9.17, 15) is 9.59 Å². The second kappa shape index (κ2) is 8.41. The topological polar surface area (TPSA) is 77.3 Å². The molecule has 1 aliphatic heterocycles. The number of ether oxygens (including phenoxy) is 1. The Hall–Kier alpha value is -2.70. The smallest absolute Gasteiger partial charge is 0.338 e. The van der Waals surface area contributed by atoms with Gasteiger partial charge in [0.1, 0.15) is 12.7 Å². The van der Waals surface area contributed by atoms with Crippen molar-refractivity contribution in [1.29, 1.82) is 0 Å². The summed E-state index contributed by atoms with van der Waals surface area (Å²) in [6, 6.07) is 6.82. The standard InChI is InChI=1S/C18H22N4O3/c23-17(21-10-4-2-1-3-5-11-21)12-25-18(24)15-6-8-16(9-7-15)22-14-19-13-20-22/h6-9,13-14H,1-5,10-12H2. The quantitative estimate of drug-likeness (QED) is 0.796. The molecule has 1 saturated heterocycles. The molecule has 2 heterocycles. The van der Waals surface area contributed by atoms with Crippen LogP contribution in [0.3, 0.4) is 0 Å². The van der Waals surface area contributed by atoms with E-state index in [2.05, 4.69) is 10.1 Å². The van der Waals surface area contributed by atoms with Gasteiger partial charge in [-0.2, -0.15) is 5.10 Å². The number of hydrogen-bond acceptors (Lipinski definition) is 5. The predicted octanol–water partition coefficient (Wildman–Crippen LogP) is 2.22. The van der Waals surface area contributed by atoms with Crippen molar-refractivity contribution in [3.63, 3.8) is 0 Å². The van der Waals surface area contributed by atoms with Crippen molar-refractivity contribution in [2.24, 2.45) is 0 Å². The fourth-order valence-electron chi connectivity index (χ4n) is 2.89. The summed E-state index contributed by atoms with van der Waals surface area (Å²) < 4.78 is 6.78. The Labute approximate surface area is 146 Å². The van der Waals surface area contributed by atoms with Crippen LogP contribution in [0.1, 0.15) is 42.5 Å². The zero-order chi connectivity index (χ0) is 17.5. The van der Waals surface area contributed by atoms with Gasteiger partial charge in [0.15, 0.2) is 6.61 Å². The first kappa shape index (κ1) is 17.1. The largest absolute Gasteiger partial charge is 0.452 e. The highest BCUT2D eigenvalue weighted by Crippen LogP contribution is 2.12. The summed E-state index contributed by atoms with van der Waals surface area (Å²) in [7, 11) is 0.